The Hall–Kier alpha value is -3.13. The molecule has 0 aliphatic carbocycles. The predicted octanol–water partition coefficient (Wildman–Crippen LogP) is 3.42. The molecule has 3 rings (SSSR count). The Morgan fingerprint density at radius 1 is 1.21 bits per heavy atom. The lowest BCUT2D eigenvalue weighted by Crippen LogP contribution is -2.44. The molecular formula is C25H32N2O6. The van der Waals surface area contributed by atoms with Gasteiger partial charge in [-0.2, -0.15) is 0 Å². The molecule has 2 heterocycles. The molecule has 2 N–H and O–H groups in total. The second kappa shape index (κ2) is 12.2. The summed E-state index contributed by atoms with van der Waals surface area (Å²) in [6.45, 7) is 2.40. The van der Waals surface area contributed by atoms with Gasteiger partial charge >= 0.3 is 5.97 Å². The van der Waals surface area contributed by atoms with Gasteiger partial charge in [-0.25, -0.2) is 9.78 Å². The first-order valence-electron chi connectivity index (χ1n) is 11.4. The maximum Gasteiger partial charge on any atom is 0.329 e. The number of carbonyl (C=O) groups is 2. The fourth-order valence-electron chi connectivity index (χ4n) is 3.89. The summed E-state index contributed by atoms with van der Waals surface area (Å²) < 4.78 is 16.7. The van der Waals surface area contributed by atoms with Crippen LogP contribution in [0.4, 0.5) is 0 Å². The number of ether oxygens (including phenoxy) is 3. The van der Waals surface area contributed by atoms with Gasteiger partial charge in [-0.1, -0.05) is 43.2 Å². The topological polar surface area (TPSA) is 107 Å². The van der Waals surface area contributed by atoms with Crippen molar-refractivity contribution in [3.05, 3.63) is 53.9 Å². The number of carbonyl (C=O) groups excluding carboxylic acids is 2. The summed E-state index contributed by atoms with van der Waals surface area (Å²) in [5.41, 5.74) is 1.07. The van der Waals surface area contributed by atoms with E-state index in [1.54, 1.807) is 0 Å². The third kappa shape index (κ3) is 6.92. The van der Waals surface area contributed by atoms with Gasteiger partial charge < -0.3 is 24.6 Å². The van der Waals surface area contributed by atoms with Gasteiger partial charge in [0, 0.05) is 18.9 Å². The molecule has 1 aromatic heterocycles. The normalized spacial score (nSPS) is 21.3. The van der Waals surface area contributed by atoms with Crippen LogP contribution in [-0.2, 0) is 20.7 Å². The molecular weight excluding hydrogens is 424 g/mol. The van der Waals surface area contributed by atoms with Gasteiger partial charge in [0.1, 0.15) is 12.1 Å². The summed E-state index contributed by atoms with van der Waals surface area (Å²) in [7, 11) is 1.38. The molecule has 1 saturated heterocycles. The van der Waals surface area contributed by atoms with Crippen LogP contribution in [0.5, 0.6) is 11.5 Å². The highest BCUT2D eigenvalue weighted by Gasteiger charge is 2.30. The van der Waals surface area contributed by atoms with E-state index in [0.717, 1.165) is 32.1 Å². The van der Waals surface area contributed by atoms with E-state index >= 15 is 0 Å². The lowest BCUT2D eigenvalue weighted by molar-refractivity contribution is -0.158. The largest absolute Gasteiger partial charge is 0.503 e. The highest BCUT2D eigenvalue weighted by atomic mass is 16.6. The van der Waals surface area contributed by atoms with Crippen LogP contribution in [0.2, 0.25) is 0 Å². The lowest BCUT2D eigenvalue weighted by Gasteiger charge is -2.25. The van der Waals surface area contributed by atoms with Crippen LogP contribution >= 0.6 is 0 Å². The van der Waals surface area contributed by atoms with Crippen molar-refractivity contribution >= 4 is 11.9 Å². The second-order valence-electron chi connectivity index (χ2n) is 8.16. The molecule has 178 valence electrons. The van der Waals surface area contributed by atoms with E-state index < -0.39 is 24.0 Å². The fraction of sp³-hybridized carbons (Fsp3) is 0.480. The average Bonchev–Trinajstić information content (AvgIpc) is 2.88. The molecule has 0 bridgehead atoms. The highest BCUT2D eigenvalue weighted by molar-refractivity contribution is 5.97. The van der Waals surface area contributed by atoms with E-state index in [-0.39, 0.29) is 23.3 Å². The molecule has 3 atom stereocenters. The van der Waals surface area contributed by atoms with Crippen molar-refractivity contribution in [2.24, 2.45) is 0 Å². The van der Waals surface area contributed by atoms with Crippen LogP contribution in [0.1, 0.15) is 55.1 Å². The number of hydrogen-bond acceptors (Lipinski definition) is 7. The molecule has 0 unspecified atom stereocenters. The number of esters is 1. The van der Waals surface area contributed by atoms with Crippen molar-refractivity contribution < 1.29 is 28.9 Å². The fourth-order valence-corrected chi connectivity index (χ4v) is 3.89. The van der Waals surface area contributed by atoms with Gasteiger partial charge in [0.25, 0.3) is 5.91 Å². The maximum atomic E-state index is 12.8. The van der Waals surface area contributed by atoms with Crippen LogP contribution < -0.4 is 10.1 Å². The third-order valence-corrected chi connectivity index (χ3v) is 5.75. The minimum absolute atomic E-state index is 0.132. The van der Waals surface area contributed by atoms with Gasteiger partial charge in [-0.3, -0.25) is 4.79 Å². The predicted molar refractivity (Wildman–Crippen MR) is 122 cm³/mol. The second-order valence-corrected chi connectivity index (χ2v) is 8.16. The highest BCUT2D eigenvalue weighted by Crippen LogP contribution is 2.27. The van der Waals surface area contributed by atoms with E-state index in [4.69, 9.17) is 14.2 Å². The quantitative estimate of drug-likeness (QED) is 0.463. The number of nitrogens with one attached hydrogen (secondary N) is 1. The first-order chi connectivity index (χ1) is 16.0. The Morgan fingerprint density at radius 2 is 1.97 bits per heavy atom. The van der Waals surface area contributed by atoms with Crippen LogP contribution in [0.15, 0.2) is 42.6 Å². The van der Waals surface area contributed by atoms with E-state index in [1.165, 1.54) is 24.9 Å². The number of nitrogens with zero attached hydrogens (tertiary/aromatic N) is 1. The van der Waals surface area contributed by atoms with Crippen molar-refractivity contribution in [2.45, 2.75) is 63.7 Å². The number of pyridine rings is 1. The zero-order valence-electron chi connectivity index (χ0n) is 19.2. The summed E-state index contributed by atoms with van der Waals surface area (Å²) in [5, 5.41) is 12.8. The number of aryl methyl sites for hydroxylation is 1. The molecule has 33 heavy (non-hydrogen) atoms. The number of aromatic hydroxyl groups is 1. The van der Waals surface area contributed by atoms with Gasteiger partial charge in [0.2, 0.25) is 0 Å². The zero-order valence-corrected chi connectivity index (χ0v) is 19.2. The molecule has 8 nitrogen and oxygen atoms in total. The number of amides is 1. The lowest BCUT2D eigenvalue weighted by atomic mass is 10.0. The van der Waals surface area contributed by atoms with E-state index in [2.05, 4.69) is 22.4 Å². The van der Waals surface area contributed by atoms with E-state index in [1.807, 2.05) is 25.1 Å². The minimum atomic E-state index is -0.829. The van der Waals surface area contributed by atoms with Gasteiger partial charge in [-0.05, 0) is 38.2 Å². The van der Waals surface area contributed by atoms with Gasteiger partial charge in [0.05, 0.1) is 13.2 Å². The number of aromatic nitrogens is 1. The molecule has 0 spiro atoms. The summed E-state index contributed by atoms with van der Waals surface area (Å²) in [6, 6.07) is 10.9. The summed E-state index contributed by atoms with van der Waals surface area (Å²) in [6.07, 6.45) is 5.34. The summed E-state index contributed by atoms with van der Waals surface area (Å²) in [4.78, 5) is 29.3. The van der Waals surface area contributed by atoms with Crippen molar-refractivity contribution in [2.75, 3.05) is 13.7 Å². The molecule has 1 aliphatic heterocycles. The Bertz CT molecular complexity index is 920. The summed E-state index contributed by atoms with van der Waals surface area (Å²) >= 11 is 0. The Labute approximate surface area is 194 Å². The Kier molecular flexibility index (Phi) is 9.06. The smallest absolute Gasteiger partial charge is 0.329 e. The number of methoxy groups -OCH3 is 1. The first kappa shape index (κ1) is 24.5. The molecule has 2 aromatic rings. The molecule has 8 heteroatoms. The van der Waals surface area contributed by atoms with Crippen molar-refractivity contribution in [1.29, 1.82) is 0 Å². The van der Waals surface area contributed by atoms with E-state index in [9.17, 15) is 14.7 Å². The average molecular weight is 457 g/mol. The molecule has 0 radical (unpaired) electrons. The third-order valence-electron chi connectivity index (χ3n) is 5.75. The van der Waals surface area contributed by atoms with Crippen LogP contribution in [0.25, 0.3) is 0 Å². The van der Waals surface area contributed by atoms with Crippen LogP contribution in [0.3, 0.4) is 0 Å². The van der Waals surface area contributed by atoms with Crippen LogP contribution in [-0.4, -0.2) is 53.9 Å². The molecule has 0 saturated carbocycles. The van der Waals surface area contributed by atoms with Crippen LogP contribution in [0, 0.1) is 0 Å². The zero-order chi connectivity index (χ0) is 23.6. The van der Waals surface area contributed by atoms with Gasteiger partial charge in [0.15, 0.2) is 17.2 Å². The van der Waals surface area contributed by atoms with Crippen molar-refractivity contribution in [3.63, 3.8) is 0 Å². The standard InChI is InChI=1S/C25H32N2O6/c1-17-20(32-16-8-11-18-9-4-3-5-10-18)13-7-6-12-19(25(30)33-17)27-24(29)22-23(28)21(31-2)14-15-26-22/h3-5,9-10,14-15,17,19-20,28H,6-8,11-13,16H2,1-2H3,(H,27,29)/t17-,19-,20+/m0/s1. The van der Waals surface area contributed by atoms with E-state index in [0.29, 0.717) is 13.0 Å². The van der Waals surface area contributed by atoms with Crippen molar-refractivity contribution in [1.82, 2.24) is 10.3 Å². The minimum Gasteiger partial charge on any atom is -0.503 e. The van der Waals surface area contributed by atoms with Gasteiger partial charge in [-0.15, -0.1) is 0 Å². The number of rotatable bonds is 8. The Morgan fingerprint density at radius 3 is 2.73 bits per heavy atom. The first-order valence-corrected chi connectivity index (χ1v) is 11.4. The number of benzene rings is 1. The molecule has 1 aromatic carbocycles. The molecule has 1 aliphatic rings. The maximum absolute atomic E-state index is 12.8. The number of hydrogen-bond donors (Lipinski definition) is 2. The van der Waals surface area contributed by atoms with Crippen molar-refractivity contribution in [3.8, 4) is 11.5 Å². The molecule has 1 amide bonds. The monoisotopic (exact) mass is 456 g/mol. The Balaban J connectivity index is 1.54. The summed E-state index contributed by atoms with van der Waals surface area (Å²) in [5.74, 6) is -1.41. The molecule has 1 fully saturated rings. The SMILES string of the molecule is COc1ccnc(C(=O)N[C@H]2CCCC[C@@H](OCCCc3ccccc3)[C@H](C)OC2=O)c1O. The number of cyclic esters (lactones) is 1.